The molecule has 0 bridgehead atoms. The van der Waals surface area contributed by atoms with Gasteiger partial charge in [-0.05, 0) is 62.0 Å². The zero-order chi connectivity index (χ0) is 25.3. The van der Waals surface area contributed by atoms with Crippen LogP contribution in [0.2, 0.25) is 0 Å². The number of carbonyl (C=O) groups is 2. The number of methoxy groups -OCH3 is 2. The second-order valence-electron chi connectivity index (χ2n) is 9.89. The molecule has 0 spiro atoms. The maximum atomic E-state index is 13.0. The summed E-state index contributed by atoms with van der Waals surface area (Å²) < 4.78 is 10.6. The number of hydrogen-bond acceptors (Lipinski definition) is 5. The smallest absolute Gasteiger partial charge is 0.254 e. The summed E-state index contributed by atoms with van der Waals surface area (Å²) in [5, 5.41) is 3.10. The van der Waals surface area contributed by atoms with E-state index in [9.17, 15) is 9.59 Å². The van der Waals surface area contributed by atoms with Gasteiger partial charge in [0.05, 0.1) is 14.2 Å². The molecule has 0 atom stereocenters. The van der Waals surface area contributed by atoms with Crippen LogP contribution < -0.4 is 14.8 Å². The van der Waals surface area contributed by atoms with Crippen molar-refractivity contribution in [3.63, 3.8) is 0 Å². The van der Waals surface area contributed by atoms with Crippen molar-refractivity contribution >= 4 is 11.8 Å². The molecule has 0 radical (unpaired) electrons. The zero-order valence-electron chi connectivity index (χ0n) is 21.6. The van der Waals surface area contributed by atoms with Crippen LogP contribution in [0.5, 0.6) is 11.5 Å². The molecule has 0 unspecified atom stereocenters. The van der Waals surface area contributed by atoms with Crippen LogP contribution >= 0.6 is 0 Å². The molecule has 2 heterocycles. The van der Waals surface area contributed by atoms with Crippen molar-refractivity contribution in [1.82, 2.24) is 15.1 Å². The Labute approximate surface area is 214 Å². The Hall–Kier alpha value is -3.06. The fraction of sp³-hybridized carbons (Fsp3) is 0.517. The van der Waals surface area contributed by atoms with E-state index in [-0.39, 0.29) is 17.7 Å². The lowest BCUT2D eigenvalue weighted by Crippen LogP contribution is -2.42. The molecule has 2 aliphatic rings. The van der Waals surface area contributed by atoms with Crippen LogP contribution in [0.4, 0.5) is 0 Å². The molecular weight excluding hydrogens is 454 g/mol. The molecule has 1 N–H and O–H groups in total. The molecular formula is C29H39N3O4. The van der Waals surface area contributed by atoms with E-state index >= 15 is 0 Å². The third-order valence-corrected chi connectivity index (χ3v) is 7.35. The van der Waals surface area contributed by atoms with E-state index < -0.39 is 0 Å². The molecule has 0 aromatic heterocycles. The van der Waals surface area contributed by atoms with E-state index in [4.69, 9.17) is 9.47 Å². The van der Waals surface area contributed by atoms with Gasteiger partial charge in [0.2, 0.25) is 5.91 Å². The Kier molecular flexibility index (Phi) is 9.23. The highest BCUT2D eigenvalue weighted by Crippen LogP contribution is 2.25. The highest BCUT2D eigenvalue weighted by molar-refractivity contribution is 5.95. The number of benzene rings is 2. The highest BCUT2D eigenvalue weighted by Gasteiger charge is 2.28. The second-order valence-corrected chi connectivity index (χ2v) is 9.89. The predicted molar refractivity (Wildman–Crippen MR) is 140 cm³/mol. The first-order chi connectivity index (χ1) is 17.6. The minimum Gasteiger partial charge on any atom is -0.497 e. The predicted octanol–water partition coefficient (Wildman–Crippen LogP) is 4.25. The number of piperidine rings is 1. The van der Waals surface area contributed by atoms with Crippen molar-refractivity contribution in [3.05, 3.63) is 59.2 Å². The van der Waals surface area contributed by atoms with Gasteiger partial charge in [-0.3, -0.25) is 14.5 Å². The Balaban J connectivity index is 1.22. The van der Waals surface area contributed by atoms with Crippen molar-refractivity contribution < 1.29 is 19.1 Å². The normalized spacial score (nSPS) is 17.3. The minimum atomic E-state index is -0.0730. The largest absolute Gasteiger partial charge is 0.497 e. The van der Waals surface area contributed by atoms with Crippen molar-refractivity contribution in [3.8, 4) is 11.5 Å². The number of rotatable bonds is 8. The van der Waals surface area contributed by atoms with Gasteiger partial charge in [0, 0.05) is 43.7 Å². The summed E-state index contributed by atoms with van der Waals surface area (Å²) in [6.45, 7) is 5.03. The van der Waals surface area contributed by atoms with Crippen molar-refractivity contribution in [2.75, 3.05) is 40.4 Å². The van der Waals surface area contributed by atoms with Gasteiger partial charge in [0.1, 0.15) is 11.5 Å². The van der Waals surface area contributed by atoms with Crippen molar-refractivity contribution in [1.29, 1.82) is 0 Å². The average Bonchev–Trinajstić information content (AvgIpc) is 3.20. The summed E-state index contributed by atoms with van der Waals surface area (Å²) in [5.74, 6) is 1.10. The SMILES string of the molecule is COc1cc(OC)cc(C(=O)N2CCC(C(=O)NCc3ccc(CN4CCCCCC4)cc3)CC2)c1. The molecule has 2 aromatic carbocycles. The van der Waals surface area contributed by atoms with Gasteiger partial charge in [-0.2, -0.15) is 0 Å². The first kappa shape index (κ1) is 26.0. The van der Waals surface area contributed by atoms with Crippen LogP contribution in [0.25, 0.3) is 0 Å². The van der Waals surface area contributed by atoms with Crippen LogP contribution in [0.3, 0.4) is 0 Å². The van der Waals surface area contributed by atoms with Crippen LogP contribution in [-0.2, 0) is 17.9 Å². The van der Waals surface area contributed by atoms with Gasteiger partial charge in [0.15, 0.2) is 0 Å². The topological polar surface area (TPSA) is 71.1 Å². The van der Waals surface area contributed by atoms with Crippen LogP contribution in [-0.4, -0.2) is 62.0 Å². The molecule has 2 amide bonds. The fourth-order valence-corrected chi connectivity index (χ4v) is 5.11. The Morgan fingerprint density at radius 2 is 1.42 bits per heavy atom. The first-order valence-electron chi connectivity index (χ1n) is 13.2. The Bertz CT molecular complexity index is 985. The summed E-state index contributed by atoms with van der Waals surface area (Å²) in [6.07, 6.45) is 6.62. The number of amides is 2. The lowest BCUT2D eigenvalue weighted by Gasteiger charge is -2.31. The van der Waals surface area contributed by atoms with E-state index in [2.05, 4.69) is 34.5 Å². The molecule has 0 saturated carbocycles. The quantitative estimate of drug-likeness (QED) is 0.595. The number of carbonyl (C=O) groups excluding carboxylic acids is 2. The lowest BCUT2D eigenvalue weighted by molar-refractivity contribution is -0.126. The van der Waals surface area contributed by atoms with Gasteiger partial charge < -0.3 is 19.7 Å². The van der Waals surface area contributed by atoms with Crippen LogP contribution in [0.15, 0.2) is 42.5 Å². The molecule has 0 aliphatic carbocycles. The third kappa shape index (κ3) is 7.00. The average molecular weight is 494 g/mol. The molecule has 4 rings (SSSR count). The van der Waals surface area contributed by atoms with E-state index in [0.717, 1.165) is 12.1 Å². The minimum absolute atomic E-state index is 0.0636. The van der Waals surface area contributed by atoms with Crippen molar-refractivity contribution in [2.45, 2.75) is 51.6 Å². The molecule has 7 heteroatoms. The molecule has 36 heavy (non-hydrogen) atoms. The number of nitrogens with zero attached hydrogens (tertiary/aromatic N) is 2. The molecule has 7 nitrogen and oxygen atoms in total. The van der Waals surface area contributed by atoms with Gasteiger partial charge >= 0.3 is 0 Å². The van der Waals surface area contributed by atoms with E-state index in [0.29, 0.717) is 49.5 Å². The van der Waals surface area contributed by atoms with Gasteiger partial charge in [-0.25, -0.2) is 0 Å². The first-order valence-corrected chi connectivity index (χ1v) is 13.2. The summed E-state index contributed by atoms with van der Waals surface area (Å²) in [6, 6.07) is 13.8. The Morgan fingerprint density at radius 3 is 2.00 bits per heavy atom. The number of ether oxygens (including phenoxy) is 2. The monoisotopic (exact) mass is 493 g/mol. The van der Waals surface area contributed by atoms with E-state index in [1.54, 1.807) is 37.3 Å². The molecule has 194 valence electrons. The molecule has 2 aromatic rings. The number of nitrogens with one attached hydrogen (secondary N) is 1. The number of hydrogen-bond donors (Lipinski definition) is 1. The lowest BCUT2D eigenvalue weighted by atomic mass is 9.95. The van der Waals surface area contributed by atoms with Gasteiger partial charge in [-0.1, -0.05) is 37.1 Å². The van der Waals surface area contributed by atoms with Gasteiger partial charge in [-0.15, -0.1) is 0 Å². The van der Waals surface area contributed by atoms with Crippen LogP contribution in [0, 0.1) is 5.92 Å². The fourth-order valence-electron chi connectivity index (χ4n) is 5.11. The highest BCUT2D eigenvalue weighted by atomic mass is 16.5. The summed E-state index contributed by atoms with van der Waals surface area (Å²) in [5.41, 5.74) is 2.98. The molecule has 2 aliphatic heterocycles. The van der Waals surface area contributed by atoms with Crippen LogP contribution in [0.1, 0.15) is 60.0 Å². The summed E-state index contributed by atoms with van der Waals surface area (Å²) in [4.78, 5) is 30.2. The van der Waals surface area contributed by atoms with Crippen molar-refractivity contribution in [2.24, 2.45) is 5.92 Å². The second kappa shape index (κ2) is 12.8. The zero-order valence-corrected chi connectivity index (χ0v) is 21.6. The maximum Gasteiger partial charge on any atom is 0.254 e. The standard InChI is InChI=1S/C29H39N3O4/c1-35-26-17-25(18-27(19-26)36-2)29(34)32-15-11-24(12-16-32)28(33)30-20-22-7-9-23(10-8-22)21-31-13-5-3-4-6-14-31/h7-10,17-19,24H,3-6,11-16,20-21H2,1-2H3,(H,30,33). The third-order valence-electron chi connectivity index (χ3n) is 7.35. The Morgan fingerprint density at radius 1 is 0.833 bits per heavy atom. The molecule has 2 saturated heterocycles. The van der Waals surface area contributed by atoms with Gasteiger partial charge in [0.25, 0.3) is 5.91 Å². The summed E-state index contributed by atoms with van der Waals surface area (Å²) >= 11 is 0. The van der Waals surface area contributed by atoms with E-state index in [1.807, 2.05) is 0 Å². The number of likely N-dealkylation sites (tertiary alicyclic amines) is 2. The maximum absolute atomic E-state index is 13.0. The molecule has 2 fully saturated rings. The van der Waals surface area contributed by atoms with E-state index in [1.165, 1.54) is 44.3 Å². The summed E-state index contributed by atoms with van der Waals surface area (Å²) in [7, 11) is 3.14.